The Hall–Kier alpha value is -1.93. The molecule has 0 radical (unpaired) electrons. The summed E-state index contributed by atoms with van der Waals surface area (Å²) in [5.41, 5.74) is 1.13. The van der Waals surface area contributed by atoms with Gasteiger partial charge in [0.1, 0.15) is 5.78 Å². The Kier molecular flexibility index (Phi) is 4.16. The number of hydrogen-bond donors (Lipinski definition) is 0. The second-order valence-electron chi connectivity index (χ2n) is 5.25. The third-order valence-electron chi connectivity index (χ3n) is 3.70. The summed E-state index contributed by atoms with van der Waals surface area (Å²) in [7, 11) is 0. The third kappa shape index (κ3) is 3.22. The Morgan fingerprint density at radius 1 is 0.905 bits per heavy atom. The van der Waals surface area contributed by atoms with E-state index in [-0.39, 0.29) is 5.78 Å². The lowest BCUT2D eigenvalue weighted by molar-refractivity contribution is -0.117. The van der Waals surface area contributed by atoms with E-state index in [4.69, 9.17) is 0 Å². The summed E-state index contributed by atoms with van der Waals surface area (Å²) in [5.74, 6) is 0.288. The molecule has 0 N–H and O–H groups in total. The molecule has 0 bridgehead atoms. The van der Waals surface area contributed by atoms with Gasteiger partial charge >= 0.3 is 0 Å². The molecule has 0 fully saturated rings. The Labute approximate surface area is 129 Å². The van der Waals surface area contributed by atoms with Gasteiger partial charge in [-0.3, -0.25) is 4.79 Å². The molecule has 3 aromatic rings. The summed E-state index contributed by atoms with van der Waals surface area (Å²) in [4.78, 5) is 14.9. The van der Waals surface area contributed by atoms with Crippen LogP contribution in [0.2, 0.25) is 0 Å². The zero-order valence-electron chi connectivity index (χ0n) is 12.1. The quantitative estimate of drug-likeness (QED) is 0.659. The van der Waals surface area contributed by atoms with E-state index in [0.717, 1.165) is 12.0 Å². The van der Waals surface area contributed by atoms with Crippen molar-refractivity contribution in [3.05, 3.63) is 69.9 Å². The highest BCUT2D eigenvalue weighted by molar-refractivity contribution is 7.12. The van der Waals surface area contributed by atoms with E-state index in [1.807, 2.05) is 18.2 Å². The van der Waals surface area contributed by atoms with E-state index in [0.29, 0.717) is 12.8 Å². The van der Waals surface area contributed by atoms with Crippen molar-refractivity contribution in [1.29, 1.82) is 0 Å². The first-order valence-electron chi connectivity index (χ1n) is 7.32. The molecule has 1 aromatic heterocycles. The van der Waals surface area contributed by atoms with Gasteiger partial charge < -0.3 is 0 Å². The van der Waals surface area contributed by atoms with Gasteiger partial charge in [0.05, 0.1) is 0 Å². The fourth-order valence-electron chi connectivity index (χ4n) is 2.62. The van der Waals surface area contributed by atoms with Crippen molar-refractivity contribution in [3.63, 3.8) is 0 Å². The molecule has 1 nitrogen and oxygen atoms in total. The molecule has 0 amide bonds. The van der Waals surface area contributed by atoms with Gasteiger partial charge in [-0.05, 0) is 34.9 Å². The number of benzene rings is 2. The molecule has 0 atom stereocenters. The predicted octanol–water partition coefficient (Wildman–Crippen LogP) is 4.82. The minimum atomic E-state index is 0.288. The zero-order valence-corrected chi connectivity index (χ0v) is 13.0. The van der Waals surface area contributed by atoms with Gasteiger partial charge in [0.15, 0.2) is 0 Å². The normalized spacial score (nSPS) is 10.9. The molecule has 0 unspecified atom stereocenters. The summed E-state index contributed by atoms with van der Waals surface area (Å²) in [6.07, 6.45) is 2.11. The molecule has 106 valence electrons. The third-order valence-corrected chi connectivity index (χ3v) is 4.93. The highest BCUT2D eigenvalue weighted by atomic mass is 32.1. The number of carbonyl (C=O) groups is 1. The molecule has 0 aliphatic carbocycles. The van der Waals surface area contributed by atoms with E-state index in [2.05, 4.69) is 43.3 Å². The van der Waals surface area contributed by atoms with Crippen LogP contribution >= 0.6 is 11.3 Å². The van der Waals surface area contributed by atoms with Crippen molar-refractivity contribution in [2.75, 3.05) is 0 Å². The molecule has 0 aliphatic rings. The molecule has 0 saturated heterocycles. The lowest BCUT2D eigenvalue weighted by Crippen LogP contribution is -2.05. The first kappa shape index (κ1) is 14.0. The molecule has 3 rings (SSSR count). The average molecular weight is 294 g/mol. The summed E-state index contributed by atoms with van der Waals surface area (Å²) in [6.45, 7) is 2.15. The molecular formula is C19H18OS. The smallest absolute Gasteiger partial charge is 0.142 e. The number of thiophene rings is 1. The minimum absolute atomic E-state index is 0.288. The van der Waals surface area contributed by atoms with Gasteiger partial charge in [-0.1, -0.05) is 49.4 Å². The van der Waals surface area contributed by atoms with Crippen LogP contribution in [0.3, 0.4) is 0 Å². The van der Waals surface area contributed by atoms with Crippen LogP contribution < -0.4 is 0 Å². The van der Waals surface area contributed by atoms with Gasteiger partial charge in [-0.15, -0.1) is 11.3 Å². The molecular weight excluding hydrogens is 276 g/mol. The van der Waals surface area contributed by atoms with Gasteiger partial charge in [0.25, 0.3) is 0 Å². The first-order valence-corrected chi connectivity index (χ1v) is 8.14. The van der Waals surface area contributed by atoms with Crippen LogP contribution in [0.1, 0.15) is 22.2 Å². The minimum Gasteiger partial charge on any atom is -0.299 e. The number of Topliss-reactive ketones (excluding diaryl/α,β-unsaturated/α-hetero) is 1. The van der Waals surface area contributed by atoms with E-state index >= 15 is 0 Å². The maximum atomic E-state index is 12.3. The van der Waals surface area contributed by atoms with Crippen LogP contribution in [0.25, 0.3) is 10.8 Å². The van der Waals surface area contributed by atoms with Crippen LogP contribution in [-0.4, -0.2) is 5.78 Å². The van der Waals surface area contributed by atoms with Crippen molar-refractivity contribution in [2.24, 2.45) is 0 Å². The Morgan fingerprint density at radius 3 is 2.48 bits per heavy atom. The largest absolute Gasteiger partial charge is 0.299 e. The lowest BCUT2D eigenvalue weighted by Gasteiger charge is -2.05. The average Bonchev–Trinajstić information content (AvgIpc) is 2.95. The van der Waals surface area contributed by atoms with E-state index < -0.39 is 0 Å². The lowest BCUT2D eigenvalue weighted by atomic mass is 9.99. The van der Waals surface area contributed by atoms with Crippen molar-refractivity contribution >= 4 is 27.9 Å². The summed E-state index contributed by atoms with van der Waals surface area (Å²) < 4.78 is 0. The highest BCUT2D eigenvalue weighted by Crippen LogP contribution is 2.21. The van der Waals surface area contributed by atoms with E-state index in [1.54, 1.807) is 11.3 Å². The summed E-state index contributed by atoms with van der Waals surface area (Å²) in [5, 5.41) is 2.39. The topological polar surface area (TPSA) is 17.1 Å². The number of aryl methyl sites for hydroxylation is 1. The maximum Gasteiger partial charge on any atom is 0.142 e. The molecule has 2 heteroatoms. The molecule has 0 aliphatic heterocycles. The van der Waals surface area contributed by atoms with Gasteiger partial charge in [-0.2, -0.15) is 0 Å². The highest BCUT2D eigenvalue weighted by Gasteiger charge is 2.09. The van der Waals surface area contributed by atoms with E-state index in [9.17, 15) is 4.79 Å². The van der Waals surface area contributed by atoms with Crippen LogP contribution in [0.4, 0.5) is 0 Å². The van der Waals surface area contributed by atoms with E-state index in [1.165, 1.54) is 20.5 Å². The van der Waals surface area contributed by atoms with Crippen LogP contribution in [0.15, 0.2) is 54.6 Å². The number of rotatable bonds is 5. The Morgan fingerprint density at radius 2 is 1.67 bits per heavy atom. The maximum absolute atomic E-state index is 12.3. The Balaban J connectivity index is 1.77. The van der Waals surface area contributed by atoms with Crippen molar-refractivity contribution < 1.29 is 4.79 Å². The second-order valence-corrected chi connectivity index (χ2v) is 6.50. The zero-order chi connectivity index (χ0) is 14.7. The van der Waals surface area contributed by atoms with Crippen LogP contribution in [0.5, 0.6) is 0 Å². The second kappa shape index (κ2) is 6.23. The fourth-order valence-corrected chi connectivity index (χ4v) is 3.61. The number of ketones is 1. The molecule has 21 heavy (non-hydrogen) atoms. The van der Waals surface area contributed by atoms with Gasteiger partial charge in [0.2, 0.25) is 0 Å². The van der Waals surface area contributed by atoms with Gasteiger partial charge in [-0.25, -0.2) is 0 Å². The number of carbonyl (C=O) groups excluding carboxylic acids is 1. The van der Waals surface area contributed by atoms with Crippen molar-refractivity contribution in [3.8, 4) is 0 Å². The van der Waals surface area contributed by atoms with Crippen LogP contribution in [-0.2, 0) is 24.1 Å². The predicted molar refractivity (Wildman–Crippen MR) is 90.1 cm³/mol. The SMILES string of the molecule is CCc1ccc(CC(=O)Cc2cccc3ccccc23)s1. The van der Waals surface area contributed by atoms with Gasteiger partial charge in [0, 0.05) is 22.6 Å². The number of fused-ring (bicyclic) bond motifs is 1. The van der Waals surface area contributed by atoms with Crippen molar-refractivity contribution in [2.45, 2.75) is 26.2 Å². The standard InChI is InChI=1S/C19H18OS/c1-2-17-10-11-18(21-17)13-16(20)12-15-8-5-7-14-6-3-4-9-19(14)15/h3-11H,2,12-13H2,1H3. The Bertz CT molecular complexity index is 765. The fraction of sp³-hybridized carbons (Fsp3) is 0.211. The summed E-state index contributed by atoms with van der Waals surface area (Å²) >= 11 is 1.75. The van der Waals surface area contributed by atoms with Crippen molar-refractivity contribution in [1.82, 2.24) is 0 Å². The molecule has 2 aromatic carbocycles. The molecule has 1 heterocycles. The summed E-state index contributed by atoms with van der Waals surface area (Å²) in [6, 6.07) is 18.7. The monoisotopic (exact) mass is 294 g/mol. The molecule has 0 saturated carbocycles. The number of hydrogen-bond acceptors (Lipinski definition) is 2. The molecule has 0 spiro atoms. The first-order chi connectivity index (χ1) is 10.3. The van der Waals surface area contributed by atoms with Crippen LogP contribution in [0, 0.1) is 0 Å².